The van der Waals surface area contributed by atoms with Gasteiger partial charge in [-0.2, -0.15) is 0 Å². The average molecular weight is 298 g/mol. The lowest BCUT2D eigenvalue weighted by molar-refractivity contribution is 0.601. The molecule has 0 atom stereocenters. The van der Waals surface area contributed by atoms with Gasteiger partial charge in [-0.15, -0.1) is 0 Å². The lowest BCUT2D eigenvalue weighted by Gasteiger charge is -2.11. The lowest BCUT2D eigenvalue weighted by atomic mass is 10.2. The minimum Gasteiger partial charge on any atom is -0.398 e. The Morgan fingerprint density at radius 3 is 2.53 bits per heavy atom. The van der Waals surface area contributed by atoms with E-state index in [0.29, 0.717) is 5.56 Å². The van der Waals surface area contributed by atoms with Crippen LogP contribution < -0.4 is 10.5 Å². The van der Waals surface area contributed by atoms with Crippen molar-refractivity contribution in [3.8, 4) is 0 Å². The van der Waals surface area contributed by atoms with E-state index in [9.17, 15) is 8.42 Å². The molecule has 0 amide bonds. The van der Waals surface area contributed by atoms with Crippen molar-refractivity contribution in [1.29, 1.82) is 0 Å². The Bertz CT molecular complexity index is 696. The molecule has 0 saturated carbocycles. The van der Waals surface area contributed by atoms with Crippen LogP contribution in [0.4, 0.5) is 11.5 Å². The fourth-order valence-electron chi connectivity index (χ4n) is 1.70. The summed E-state index contributed by atoms with van der Waals surface area (Å²) in [6, 6.07) is 9.58. The molecular formula is C12H12ClN3O2S. The molecule has 3 N–H and O–H groups in total. The van der Waals surface area contributed by atoms with Crippen molar-refractivity contribution >= 4 is 33.1 Å². The van der Waals surface area contributed by atoms with E-state index in [-0.39, 0.29) is 21.6 Å². The zero-order valence-corrected chi connectivity index (χ0v) is 11.7. The van der Waals surface area contributed by atoms with Crippen LogP contribution in [0, 0.1) is 6.92 Å². The molecule has 0 spiro atoms. The minimum atomic E-state index is -3.79. The Labute approximate surface area is 116 Å². The van der Waals surface area contributed by atoms with Gasteiger partial charge >= 0.3 is 0 Å². The number of sulfonamides is 1. The first kappa shape index (κ1) is 13.6. The van der Waals surface area contributed by atoms with E-state index in [1.54, 1.807) is 31.2 Å². The quantitative estimate of drug-likeness (QED) is 0.673. The minimum absolute atomic E-state index is 0.0526. The molecule has 100 valence electrons. The summed E-state index contributed by atoms with van der Waals surface area (Å²) in [4.78, 5) is 3.93. The molecule has 0 aliphatic heterocycles. The summed E-state index contributed by atoms with van der Waals surface area (Å²) in [5.41, 5.74) is 6.48. The summed E-state index contributed by atoms with van der Waals surface area (Å²) in [6.07, 6.45) is 0. The maximum absolute atomic E-state index is 12.3. The average Bonchev–Trinajstić information content (AvgIpc) is 2.27. The molecule has 0 fully saturated rings. The van der Waals surface area contributed by atoms with Crippen LogP contribution in [0.25, 0.3) is 0 Å². The van der Waals surface area contributed by atoms with Crippen molar-refractivity contribution in [2.24, 2.45) is 0 Å². The molecule has 0 bridgehead atoms. The molecule has 19 heavy (non-hydrogen) atoms. The molecule has 2 rings (SSSR count). The standard InChI is InChI=1S/C12H12ClN3O2S/c1-8-4-2-5-9(14)12(8)19(17,18)16-11-7-3-6-10(13)15-11/h2-7H,14H2,1H3,(H,15,16). The number of anilines is 2. The molecule has 7 heteroatoms. The van der Waals surface area contributed by atoms with Crippen LogP contribution in [-0.4, -0.2) is 13.4 Å². The number of nitrogens with one attached hydrogen (secondary N) is 1. The van der Waals surface area contributed by atoms with Gasteiger partial charge in [0.25, 0.3) is 10.0 Å². The fraction of sp³-hybridized carbons (Fsp3) is 0.0833. The van der Waals surface area contributed by atoms with Crippen LogP contribution in [-0.2, 0) is 10.0 Å². The van der Waals surface area contributed by atoms with Crippen LogP contribution in [0.15, 0.2) is 41.3 Å². The topological polar surface area (TPSA) is 85.1 Å². The van der Waals surface area contributed by atoms with Crippen LogP contribution >= 0.6 is 11.6 Å². The number of nitrogens with two attached hydrogens (primary N) is 1. The highest BCUT2D eigenvalue weighted by Crippen LogP contribution is 2.24. The van der Waals surface area contributed by atoms with Crippen molar-refractivity contribution in [1.82, 2.24) is 4.98 Å². The second-order valence-corrected chi connectivity index (χ2v) is 5.95. The third-order valence-corrected chi connectivity index (χ3v) is 4.25. The van der Waals surface area contributed by atoms with E-state index in [1.165, 1.54) is 12.1 Å². The summed E-state index contributed by atoms with van der Waals surface area (Å²) in [5, 5.41) is 0.206. The predicted octanol–water partition coefficient (Wildman–Crippen LogP) is 2.43. The Balaban J connectivity index is 2.44. The smallest absolute Gasteiger partial charge is 0.265 e. The SMILES string of the molecule is Cc1cccc(N)c1S(=O)(=O)Nc1cccc(Cl)n1. The van der Waals surface area contributed by atoms with Crippen molar-refractivity contribution in [2.75, 3.05) is 10.5 Å². The Hall–Kier alpha value is -1.79. The van der Waals surface area contributed by atoms with E-state index in [0.717, 1.165) is 0 Å². The van der Waals surface area contributed by atoms with E-state index in [2.05, 4.69) is 9.71 Å². The molecule has 0 aliphatic rings. The first-order chi connectivity index (χ1) is 8.90. The second kappa shape index (κ2) is 5.07. The van der Waals surface area contributed by atoms with Gasteiger partial charge in [-0.3, -0.25) is 4.72 Å². The summed E-state index contributed by atoms with van der Waals surface area (Å²) < 4.78 is 26.9. The van der Waals surface area contributed by atoms with Gasteiger partial charge in [0.1, 0.15) is 15.9 Å². The highest BCUT2D eigenvalue weighted by molar-refractivity contribution is 7.93. The van der Waals surface area contributed by atoms with Gasteiger partial charge in [-0.25, -0.2) is 13.4 Å². The van der Waals surface area contributed by atoms with Crippen LogP contribution in [0.1, 0.15) is 5.56 Å². The molecule has 1 aromatic carbocycles. The van der Waals surface area contributed by atoms with Crippen LogP contribution in [0.5, 0.6) is 0 Å². The van der Waals surface area contributed by atoms with Gasteiger partial charge in [-0.1, -0.05) is 29.8 Å². The molecule has 0 unspecified atom stereocenters. The number of aryl methyl sites for hydroxylation is 1. The van der Waals surface area contributed by atoms with Crippen molar-refractivity contribution < 1.29 is 8.42 Å². The fourth-order valence-corrected chi connectivity index (χ4v) is 3.22. The Kier molecular flexibility index (Phi) is 3.64. The normalized spacial score (nSPS) is 11.3. The summed E-state index contributed by atoms with van der Waals surface area (Å²) in [5.74, 6) is 0.148. The van der Waals surface area contributed by atoms with Crippen LogP contribution in [0.2, 0.25) is 5.15 Å². The predicted molar refractivity (Wildman–Crippen MR) is 75.6 cm³/mol. The van der Waals surface area contributed by atoms with E-state index in [4.69, 9.17) is 17.3 Å². The Morgan fingerprint density at radius 1 is 1.21 bits per heavy atom. The summed E-state index contributed by atoms with van der Waals surface area (Å²) >= 11 is 5.71. The highest BCUT2D eigenvalue weighted by Gasteiger charge is 2.20. The van der Waals surface area contributed by atoms with Gasteiger partial charge in [0, 0.05) is 0 Å². The third kappa shape index (κ3) is 2.97. The van der Waals surface area contributed by atoms with Crippen molar-refractivity contribution in [3.05, 3.63) is 47.1 Å². The third-order valence-electron chi connectivity index (χ3n) is 2.47. The van der Waals surface area contributed by atoms with Crippen LogP contribution in [0.3, 0.4) is 0 Å². The summed E-state index contributed by atoms with van der Waals surface area (Å²) in [7, 11) is -3.79. The number of rotatable bonds is 3. The number of hydrogen-bond acceptors (Lipinski definition) is 4. The first-order valence-electron chi connectivity index (χ1n) is 5.40. The number of nitrogens with zero attached hydrogens (tertiary/aromatic N) is 1. The Morgan fingerprint density at radius 2 is 1.89 bits per heavy atom. The maximum atomic E-state index is 12.3. The molecule has 1 heterocycles. The second-order valence-electron chi connectivity index (χ2n) is 3.94. The number of hydrogen-bond donors (Lipinski definition) is 2. The van der Waals surface area contributed by atoms with Gasteiger partial charge in [-0.05, 0) is 30.7 Å². The number of nitrogen functional groups attached to an aromatic ring is 1. The molecular weight excluding hydrogens is 286 g/mol. The highest BCUT2D eigenvalue weighted by atomic mass is 35.5. The monoisotopic (exact) mass is 297 g/mol. The first-order valence-corrected chi connectivity index (χ1v) is 7.27. The zero-order valence-electron chi connectivity index (χ0n) is 10.1. The van der Waals surface area contributed by atoms with E-state index >= 15 is 0 Å². The molecule has 2 aromatic rings. The van der Waals surface area contributed by atoms with Crippen molar-refractivity contribution in [2.45, 2.75) is 11.8 Å². The molecule has 5 nitrogen and oxygen atoms in total. The summed E-state index contributed by atoms with van der Waals surface area (Å²) in [6.45, 7) is 1.68. The molecule has 0 saturated heterocycles. The molecule has 0 aliphatic carbocycles. The number of halogens is 1. The van der Waals surface area contributed by atoms with Gasteiger partial charge in [0.05, 0.1) is 5.69 Å². The van der Waals surface area contributed by atoms with E-state index in [1.807, 2.05) is 0 Å². The largest absolute Gasteiger partial charge is 0.398 e. The number of aromatic nitrogens is 1. The number of pyridine rings is 1. The van der Waals surface area contributed by atoms with Gasteiger partial charge in [0.2, 0.25) is 0 Å². The molecule has 1 aromatic heterocycles. The van der Waals surface area contributed by atoms with E-state index < -0.39 is 10.0 Å². The molecule has 0 radical (unpaired) electrons. The van der Waals surface area contributed by atoms with Gasteiger partial charge < -0.3 is 5.73 Å². The van der Waals surface area contributed by atoms with Crippen molar-refractivity contribution in [3.63, 3.8) is 0 Å². The van der Waals surface area contributed by atoms with Gasteiger partial charge in [0.15, 0.2) is 0 Å². The number of benzene rings is 1. The lowest BCUT2D eigenvalue weighted by Crippen LogP contribution is -2.16. The maximum Gasteiger partial charge on any atom is 0.265 e. The zero-order chi connectivity index (χ0) is 14.0.